The van der Waals surface area contributed by atoms with Crippen molar-refractivity contribution in [3.05, 3.63) is 99.5 Å². The van der Waals surface area contributed by atoms with Gasteiger partial charge in [-0.1, -0.05) is 71.2 Å². The number of pyridine rings is 1. The number of nitriles is 1. The van der Waals surface area contributed by atoms with Crippen LogP contribution in [0.5, 0.6) is 5.75 Å². The van der Waals surface area contributed by atoms with E-state index in [0.29, 0.717) is 26.4 Å². The lowest BCUT2D eigenvalue weighted by atomic mass is 9.99. The van der Waals surface area contributed by atoms with Crippen LogP contribution >= 0.6 is 35.0 Å². The second kappa shape index (κ2) is 10.3. The Balaban J connectivity index is 1.80. The van der Waals surface area contributed by atoms with Gasteiger partial charge in [-0.05, 0) is 48.4 Å². The number of aromatic nitrogens is 1. The third-order valence-electron chi connectivity index (χ3n) is 5.21. The molecule has 0 bridgehead atoms. The van der Waals surface area contributed by atoms with Crippen LogP contribution in [-0.2, 0) is 5.75 Å². The minimum Gasteiger partial charge on any atom is -0.497 e. The van der Waals surface area contributed by atoms with Crippen LogP contribution < -0.4 is 4.74 Å². The molecule has 0 aliphatic rings. The van der Waals surface area contributed by atoms with Crippen LogP contribution in [0.1, 0.15) is 16.7 Å². The highest BCUT2D eigenvalue weighted by Crippen LogP contribution is 2.36. The second-order valence-corrected chi connectivity index (χ2v) is 9.26. The summed E-state index contributed by atoms with van der Waals surface area (Å²) in [5.74, 6) is 1.37. The van der Waals surface area contributed by atoms with E-state index < -0.39 is 0 Å². The van der Waals surface area contributed by atoms with Crippen LogP contribution in [0.2, 0.25) is 10.0 Å². The van der Waals surface area contributed by atoms with Crippen LogP contribution in [0.4, 0.5) is 0 Å². The molecule has 4 rings (SSSR count). The Morgan fingerprint density at radius 2 is 1.61 bits per heavy atom. The minimum atomic E-state index is 0.510. The fourth-order valence-corrected chi connectivity index (χ4v) is 4.65. The van der Waals surface area contributed by atoms with E-state index in [-0.39, 0.29) is 0 Å². The first-order chi connectivity index (χ1) is 16.0. The smallest absolute Gasteiger partial charge is 0.118 e. The molecule has 3 nitrogen and oxygen atoms in total. The van der Waals surface area contributed by atoms with Gasteiger partial charge in [-0.25, -0.2) is 4.98 Å². The Labute approximate surface area is 208 Å². The minimum absolute atomic E-state index is 0.510. The van der Waals surface area contributed by atoms with Crippen LogP contribution in [-0.4, -0.2) is 12.1 Å². The molecule has 0 radical (unpaired) electrons. The quantitative estimate of drug-likeness (QED) is 0.255. The number of aryl methyl sites for hydroxylation is 1. The van der Waals surface area contributed by atoms with Crippen molar-refractivity contribution in [3.8, 4) is 34.2 Å². The van der Waals surface area contributed by atoms with Crippen molar-refractivity contribution in [1.29, 1.82) is 5.26 Å². The predicted octanol–water partition coefficient (Wildman–Crippen LogP) is 8.20. The normalized spacial score (nSPS) is 10.6. The van der Waals surface area contributed by atoms with E-state index in [9.17, 15) is 5.26 Å². The zero-order valence-corrected chi connectivity index (χ0v) is 20.4. The molecule has 1 heterocycles. The molecule has 0 saturated carbocycles. The molecule has 164 valence electrons. The van der Waals surface area contributed by atoms with Gasteiger partial charge in [0.1, 0.15) is 16.8 Å². The molecular weight excluding hydrogens is 471 g/mol. The highest BCUT2D eigenvalue weighted by Gasteiger charge is 2.16. The molecule has 0 unspecified atom stereocenters. The molecule has 0 aliphatic carbocycles. The fourth-order valence-electron chi connectivity index (χ4n) is 3.39. The summed E-state index contributed by atoms with van der Waals surface area (Å²) in [5.41, 5.74) is 6.31. The Morgan fingerprint density at radius 3 is 2.24 bits per heavy atom. The highest BCUT2D eigenvalue weighted by atomic mass is 35.5. The number of benzene rings is 3. The second-order valence-electron chi connectivity index (χ2n) is 7.48. The lowest BCUT2D eigenvalue weighted by molar-refractivity contribution is 0.415. The summed E-state index contributed by atoms with van der Waals surface area (Å²) in [6, 6.07) is 25.8. The molecule has 4 aromatic rings. The number of halogens is 2. The number of hydrogen-bond acceptors (Lipinski definition) is 4. The van der Waals surface area contributed by atoms with Crippen molar-refractivity contribution in [1.82, 2.24) is 4.98 Å². The van der Waals surface area contributed by atoms with Crippen molar-refractivity contribution in [2.75, 3.05) is 7.11 Å². The van der Waals surface area contributed by atoms with Crippen molar-refractivity contribution < 1.29 is 4.74 Å². The summed E-state index contributed by atoms with van der Waals surface area (Å²) in [7, 11) is 1.63. The van der Waals surface area contributed by atoms with E-state index in [2.05, 4.69) is 37.3 Å². The van der Waals surface area contributed by atoms with Crippen LogP contribution in [0.15, 0.2) is 77.8 Å². The summed E-state index contributed by atoms with van der Waals surface area (Å²) in [5, 5.41) is 11.8. The van der Waals surface area contributed by atoms with Gasteiger partial charge in [0.15, 0.2) is 0 Å². The monoisotopic (exact) mass is 490 g/mol. The number of nitrogens with zero attached hydrogens (tertiary/aromatic N) is 2. The molecule has 0 aliphatic heterocycles. The zero-order valence-electron chi connectivity index (χ0n) is 18.1. The lowest BCUT2D eigenvalue weighted by Gasteiger charge is -2.13. The Kier molecular flexibility index (Phi) is 7.25. The molecule has 0 amide bonds. The van der Waals surface area contributed by atoms with Crippen LogP contribution in [0, 0.1) is 18.3 Å². The summed E-state index contributed by atoms with van der Waals surface area (Å²) in [6.07, 6.45) is 0. The maximum Gasteiger partial charge on any atom is 0.118 e. The van der Waals surface area contributed by atoms with Crippen molar-refractivity contribution >= 4 is 35.0 Å². The lowest BCUT2D eigenvalue weighted by Crippen LogP contribution is -1.96. The Bertz CT molecular complexity index is 1330. The largest absolute Gasteiger partial charge is 0.497 e. The first-order valence-electron chi connectivity index (χ1n) is 10.2. The first-order valence-corrected chi connectivity index (χ1v) is 12.0. The van der Waals surface area contributed by atoms with Gasteiger partial charge in [-0.2, -0.15) is 5.26 Å². The standard InChI is InChI=1S/C27H20Cl2N2OS/c1-17-3-6-20(7-4-17)26-14-22(19-8-10-21(32-2)11-9-19)23(15-30)27(31-26)33-16-18-5-12-24(28)25(29)13-18/h3-14H,16H2,1-2H3. The number of rotatable bonds is 6. The van der Waals surface area contributed by atoms with Crippen molar-refractivity contribution in [2.45, 2.75) is 17.7 Å². The maximum atomic E-state index is 10.1. The van der Waals surface area contributed by atoms with Crippen molar-refractivity contribution in [2.24, 2.45) is 0 Å². The number of thioether (sulfide) groups is 1. The van der Waals surface area contributed by atoms with E-state index in [4.69, 9.17) is 32.9 Å². The van der Waals surface area contributed by atoms with E-state index in [1.54, 1.807) is 13.2 Å². The SMILES string of the molecule is COc1ccc(-c2cc(-c3ccc(C)cc3)nc(SCc3ccc(Cl)c(Cl)c3)c2C#N)cc1. The molecule has 0 fully saturated rings. The van der Waals surface area contributed by atoms with Crippen molar-refractivity contribution in [3.63, 3.8) is 0 Å². The van der Waals surface area contributed by atoms with Gasteiger partial charge >= 0.3 is 0 Å². The van der Waals surface area contributed by atoms with Crippen LogP contribution in [0.25, 0.3) is 22.4 Å². The summed E-state index contributed by atoms with van der Waals surface area (Å²) in [6.45, 7) is 2.05. The molecule has 6 heteroatoms. The summed E-state index contributed by atoms with van der Waals surface area (Å²) >= 11 is 13.7. The van der Waals surface area contributed by atoms with E-state index >= 15 is 0 Å². The van der Waals surface area contributed by atoms with Gasteiger partial charge in [0, 0.05) is 16.9 Å². The molecule has 0 spiro atoms. The molecule has 0 N–H and O–H groups in total. The van der Waals surface area contributed by atoms with Gasteiger partial charge in [0.05, 0.1) is 28.4 Å². The highest BCUT2D eigenvalue weighted by molar-refractivity contribution is 7.98. The Hall–Kier alpha value is -2.97. The van der Waals surface area contributed by atoms with Gasteiger partial charge in [-0.3, -0.25) is 0 Å². The fraction of sp³-hybridized carbons (Fsp3) is 0.111. The van der Waals surface area contributed by atoms with Gasteiger partial charge in [0.25, 0.3) is 0 Å². The van der Waals surface area contributed by atoms with Gasteiger partial charge < -0.3 is 4.74 Å². The summed E-state index contributed by atoms with van der Waals surface area (Å²) < 4.78 is 5.29. The third kappa shape index (κ3) is 5.34. The topological polar surface area (TPSA) is 45.9 Å². The molecular formula is C27H20Cl2N2OS. The van der Waals surface area contributed by atoms with Gasteiger partial charge in [-0.15, -0.1) is 11.8 Å². The molecule has 0 saturated heterocycles. The number of methoxy groups -OCH3 is 1. The van der Waals surface area contributed by atoms with Gasteiger partial charge in [0.2, 0.25) is 0 Å². The molecule has 33 heavy (non-hydrogen) atoms. The molecule has 3 aromatic carbocycles. The Morgan fingerprint density at radius 1 is 0.909 bits per heavy atom. The number of hydrogen-bond donors (Lipinski definition) is 0. The third-order valence-corrected chi connectivity index (χ3v) is 6.99. The van der Waals surface area contributed by atoms with Crippen LogP contribution in [0.3, 0.4) is 0 Å². The molecule has 1 aromatic heterocycles. The van der Waals surface area contributed by atoms with E-state index in [0.717, 1.165) is 33.7 Å². The number of ether oxygens (including phenoxy) is 1. The molecule has 0 atom stereocenters. The predicted molar refractivity (Wildman–Crippen MR) is 137 cm³/mol. The first kappa shape index (κ1) is 23.2. The zero-order chi connectivity index (χ0) is 23.4. The summed E-state index contributed by atoms with van der Waals surface area (Å²) in [4.78, 5) is 4.88. The average Bonchev–Trinajstić information content (AvgIpc) is 2.84. The van der Waals surface area contributed by atoms with E-state index in [1.807, 2.05) is 42.5 Å². The van der Waals surface area contributed by atoms with E-state index in [1.165, 1.54) is 17.3 Å². The maximum absolute atomic E-state index is 10.1. The average molecular weight is 491 g/mol.